The van der Waals surface area contributed by atoms with Crippen LogP contribution in [0.5, 0.6) is 5.75 Å². The van der Waals surface area contributed by atoms with Gasteiger partial charge in [0, 0.05) is 35.5 Å². The Morgan fingerprint density at radius 1 is 0.943 bits per heavy atom. The lowest BCUT2D eigenvalue weighted by atomic mass is 9.88. The summed E-state index contributed by atoms with van der Waals surface area (Å²) >= 11 is 0. The predicted octanol–water partition coefficient (Wildman–Crippen LogP) is 6.75. The van der Waals surface area contributed by atoms with Crippen molar-refractivity contribution in [3.8, 4) is 28.3 Å². The van der Waals surface area contributed by atoms with Crippen molar-refractivity contribution >= 4 is 10.8 Å². The molecule has 0 aliphatic heterocycles. The molecule has 0 bridgehead atoms. The Kier molecular flexibility index (Phi) is 6.87. The Balaban J connectivity index is 1.46. The molecule has 0 unspecified atom stereocenters. The number of H-pyrrole nitrogens is 1. The van der Waals surface area contributed by atoms with Gasteiger partial charge in [-0.2, -0.15) is 0 Å². The molecule has 0 radical (unpaired) electrons. The summed E-state index contributed by atoms with van der Waals surface area (Å²) in [5.41, 5.74) is 4.08. The van der Waals surface area contributed by atoms with Crippen LogP contribution in [0.2, 0.25) is 0 Å². The summed E-state index contributed by atoms with van der Waals surface area (Å²) in [5.74, 6) is 2.69. The quantitative estimate of drug-likeness (QED) is 0.300. The zero-order chi connectivity index (χ0) is 24.3. The molecule has 1 aliphatic rings. The van der Waals surface area contributed by atoms with Crippen LogP contribution in [0.3, 0.4) is 0 Å². The minimum atomic E-state index is -0.126. The van der Waals surface area contributed by atoms with E-state index in [1.165, 1.54) is 37.5 Å². The SMILES string of the molecule is COc1ccc2cc(-c3nc(C(C)(C)CNCC4CCCCC4)[nH]c3-c3ccncc3)ccc2c1. The number of benzene rings is 2. The van der Waals surface area contributed by atoms with E-state index in [4.69, 9.17) is 9.72 Å². The monoisotopic (exact) mass is 468 g/mol. The number of ether oxygens (including phenoxy) is 1. The van der Waals surface area contributed by atoms with Gasteiger partial charge >= 0.3 is 0 Å². The lowest BCUT2D eigenvalue weighted by molar-refractivity contribution is 0.327. The second kappa shape index (κ2) is 10.2. The fourth-order valence-corrected chi connectivity index (χ4v) is 5.19. The first-order chi connectivity index (χ1) is 17.0. The molecule has 0 atom stereocenters. The summed E-state index contributed by atoms with van der Waals surface area (Å²) in [7, 11) is 1.70. The molecule has 2 N–H and O–H groups in total. The summed E-state index contributed by atoms with van der Waals surface area (Å²) in [6, 6.07) is 16.8. The standard InChI is InChI=1S/C30H36N4O/c1-30(2,20-32-19-21-7-5-4-6-8-21)29-33-27(22-13-15-31-16-14-22)28(34-29)25-10-9-24-18-26(35-3)12-11-23(24)17-25/h9-18,21,32H,4-8,19-20H2,1-3H3,(H,33,34). The fraction of sp³-hybridized carbons (Fsp3) is 0.400. The maximum atomic E-state index is 5.40. The number of imidazole rings is 1. The van der Waals surface area contributed by atoms with E-state index in [0.29, 0.717) is 0 Å². The Bertz CT molecular complexity index is 1270. The van der Waals surface area contributed by atoms with Crippen LogP contribution in [0.25, 0.3) is 33.3 Å². The summed E-state index contributed by atoms with van der Waals surface area (Å²) in [4.78, 5) is 13.1. The average molecular weight is 469 g/mol. The third kappa shape index (κ3) is 5.25. The second-order valence-electron chi connectivity index (χ2n) is 10.5. The van der Waals surface area contributed by atoms with Crippen LogP contribution in [0.4, 0.5) is 0 Å². The Morgan fingerprint density at radius 3 is 2.46 bits per heavy atom. The third-order valence-corrected chi connectivity index (χ3v) is 7.36. The van der Waals surface area contributed by atoms with Crippen LogP contribution < -0.4 is 10.1 Å². The van der Waals surface area contributed by atoms with E-state index >= 15 is 0 Å². The number of rotatable bonds is 8. The number of fused-ring (bicyclic) bond motifs is 1. The van der Waals surface area contributed by atoms with Crippen molar-refractivity contribution in [2.45, 2.75) is 51.4 Å². The molecule has 0 amide bonds. The molecule has 4 aromatic rings. The molecule has 35 heavy (non-hydrogen) atoms. The highest BCUT2D eigenvalue weighted by atomic mass is 16.5. The lowest BCUT2D eigenvalue weighted by Crippen LogP contribution is -2.36. The molecule has 1 aliphatic carbocycles. The number of nitrogens with one attached hydrogen (secondary N) is 2. The van der Waals surface area contributed by atoms with Gasteiger partial charge in [0.1, 0.15) is 11.6 Å². The second-order valence-corrected chi connectivity index (χ2v) is 10.5. The Labute approximate surface area is 208 Å². The molecule has 2 heterocycles. The topological polar surface area (TPSA) is 62.8 Å². The molecule has 0 spiro atoms. The maximum Gasteiger partial charge on any atom is 0.119 e. The minimum Gasteiger partial charge on any atom is -0.497 e. The normalized spacial score (nSPS) is 14.9. The van der Waals surface area contributed by atoms with E-state index in [1.54, 1.807) is 7.11 Å². The summed E-state index contributed by atoms with van der Waals surface area (Å²) < 4.78 is 5.40. The van der Waals surface area contributed by atoms with Crippen LogP contribution in [0.1, 0.15) is 51.8 Å². The third-order valence-electron chi connectivity index (χ3n) is 7.36. The molecule has 5 heteroatoms. The van der Waals surface area contributed by atoms with Crippen molar-refractivity contribution in [3.63, 3.8) is 0 Å². The van der Waals surface area contributed by atoms with E-state index < -0.39 is 0 Å². The minimum absolute atomic E-state index is 0.126. The van der Waals surface area contributed by atoms with Gasteiger partial charge in [-0.1, -0.05) is 51.3 Å². The number of nitrogens with zero attached hydrogens (tertiary/aromatic N) is 2. The van der Waals surface area contributed by atoms with E-state index in [-0.39, 0.29) is 5.41 Å². The molecule has 1 saturated carbocycles. The zero-order valence-corrected chi connectivity index (χ0v) is 21.1. The number of hydrogen-bond acceptors (Lipinski definition) is 4. The molecule has 0 saturated heterocycles. The number of methoxy groups -OCH3 is 1. The maximum absolute atomic E-state index is 5.40. The van der Waals surface area contributed by atoms with Gasteiger partial charge in [-0.15, -0.1) is 0 Å². The van der Waals surface area contributed by atoms with Gasteiger partial charge in [-0.3, -0.25) is 4.98 Å². The highest BCUT2D eigenvalue weighted by Crippen LogP contribution is 2.35. The number of hydrogen-bond donors (Lipinski definition) is 2. The van der Waals surface area contributed by atoms with Crippen LogP contribution in [-0.2, 0) is 5.41 Å². The lowest BCUT2D eigenvalue weighted by Gasteiger charge is -2.26. The smallest absolute Gasteiger partial charge is 0.119 e. The predicted molar refractivity (Wildman–Crippen MR) is 144 cm³/mol. The van der Waals surface area contributed by atoms with Gasteiger partial charge in [0.2, 0.25) is 0 Å². The molecule has 2 aromatic heterocycles. The summed E-state index contributed by atoms with van der Waals surface area (Å²) in [6.45, 7) is 6.53. The van der Waals surface area contributed by atoms with E-state index in [9.17, 15) is 0 Å². The first-order valence-corrected chi connectivity index (χ1v) is 12.8. The fourth-order valence-electron chi connectivity index (χ4n) is 5.19. The Morgan fingerprint density at radius 2 is 1.69 bits per heavy atom. The first kappa shape index (κ1) is 23.6. The molecular weight excluding hydrogens is 432 g/mol. The summed E-state index contributed by atoms with van der Waals surface area (Å²) in [6.07, 6.45) is 10.6. The van der Waals surface area contributed by atoms with Crippen molar-refractivity contribution in [2.75, 3.05) is 20.2 Å². The Hall–Kier alpha value is -3.18. The molecule has 1 fully saturated rings. The largest absolute Gasteiger partial charge is 0.497 e. The number of aromatic nitrogens is 3. The van der Waals surface area contributed by atoms with Crippen LogP contribution >= 0.6 is 0 Å². The molecule has 182 valence electrons. The van der Waals surface area contributed by atoms with E-state index in [0.717, 1.165) is 58.5 Å². The van der Waals surface area contributed by atoms with Crippen molar-refractivity contribution in [2.24, 2.45) is 5.92 Å². The van der Waals surface area contributed by atoms with E-state index in [2.05, 4.69) is 59.5 Å². The summed E-state index contributed by atoms with van der Waals surface area (Å²) in [5, 5.41) is 6.08. The first-order valence-electron chi connectivity index (χ1n) is 12.8. The average Bonchev–Trinajstić information content (AvgIpc) is 3.36. The highest BCUT2D eigenvalue weighted by Gasteiger charge is 2.27. The van der Waals surface area contributed by atoms with Crippen molar-refractivity contribution in [1.29, 1.82) is 0 Å². The molecule has 2 aromatic carbocycles. The highest BCUT2D eigenvalue weighted by molar-refractivity contribution is 5.90. The van der Waals surface area contributed by atoms with Crippen LogP contribution in [0, 0.1) is 5.92 Å². The van der Waals surface area contributed by atoms with Gasteiger partial charge < -0.3 is 15.0 Å². The van der Waals surface area contributed by atoms with Crippen LogP contribution in [-0.4, -0.2) is 35.2 Å². The number of pyridine rings is 1. The van der Waals surface area contributed by atoms with Gasteiger partial charge in [0.15, 0.2) is 0 Å². The van der Waals surface area contributed by atoms with Gasteiger partial charge in [0.05, 0.1) is 18.5 Å². The van der Waals surface area contributed by atoms with Crippen molar-refractivity contribution in [3.05, 3.63) is 66.7 Å². The van der Waals surface area contributed by atoms with Gasteiger partial charge in [0.25, 0.3) is 0 Å². The van der Waals surface area contributed by atoms with Crippen LogP contribution in [0.15, 0.2) is 60.9 Å². The molecule has 5 nitrogen and oxygen atoms in total. The number of aromatic amines is 1. The van der Waals surface area contributed by atoms with Gasteiger partial charge in [-0.05, 0) is 66.4 Å². The van der Waals surface area contributed by atoms with Crippen molar-refractivity contribution in [1.82, 2.24) is 20.3 Å². The molecular formula is C30H36N4O. The zero-order valence-electron chi connectivity index (χ0n) is 21.1. The van der Waals surface area contributed by atoms with Crippen molar-refractivity contribution < 1.29 is 4.74 Å². The molecule has 5 rings (SSSR count). The van der Waals surface area contributed by atoms with E-state index in [1.807, 2.05) is 30.6 Å². The van der Waals surface area contributed by atoms with Gasteiger partial charge in [-0.25, -0.2) is 4.98 Å².